The van der Waals surface area contributed by atoms with Crippen molar-refractivity contribution in [2.24, 2.45) is 0 Å². The summed E-state index contributed by atoms with van der Waals surface area (Å²) in [4.78, 5) is 4.77. The van der Waals surface area contributed by atoms with Crippen LogP contribution in [-0.2, 0) is 11.3 Å². The Morgan fingerprint density at radius 2 is 1.89 bits per heavy atom. The minimum atomic E-state index is 0.00373. The first-order chi connectivity index (χ1) is 8.34. The summed E-state index contributed by atoms with van der Waals surface area (Å²) in [7, 11) is 0. The standard InChI is InChI=1S/C15H17Cl2N/c1-9-12(17)6-5-11-10(8-16)7-13(15(2,3)4)18-14(9)11/h5-7H,8H2,1-4H3. The third-order valence-corrected chi connectivity index (χ3v) is 3.86. The molecule has 0 aliphatic rings. The molecule has 2 aromatic rings. The van der Waals surface area contributed by atoms with E-state index in [9.17, 15) is 0 Å². The highest BCUT2D eigenvalue weighted by Crippen LogP contribution is 2.31. The molecule has 1 aromatic heterocycles. The van der Waals surface area contributed by atoms with Crippen LogP contribution in [0.2, 0.25) is 5.02 Å². The van der Waals surface area contributed by atoms with Crippen molar-refractivity contribution in [2.75, 3.05) is 0 Å². The van der Waals surface area contributed by atoms with E-state index in [0.717, 1.165) is 32.7 Å². The molecule has 0 saturated carbocycles. The van der Waals surface area contributed by atoms with Gasteiger partial charge in [0.15, 0.2) is 0 Å². The first kappa shape index (κ1) is 13.6. The van der Waals surface area contributed by atoms with Gasteiger partial charge in [-0.05, 0) is 30.2 Å². The minimum absolute atomic E-state index is 0.00373. The van der Waals surface area contributed by atoms with E-state index >= 15 is 0 Å². The summed E-state index contributed by atoms with van der Waals surface area (Å²) in [6, 6.07) is 6.01. The second kappa shape index (κ2) is 4.71. The van der Waals surface area contributed by atoms with Crippen LogP contribution in [0.15, 0.2) is 18.2 Å². The van der Waals surface area contributed by atoms with Crippen LogP contribution in [0, 0.1) is 6.92 Å². The van der Waals surface area contributed by atoms with Gasteiger partial charge in [0.1, 0.15) is 0 Å². The van der Waals surface area contributed by atoms with Crippen LogP contribution in [0.4, 0.5) is 0 Å². The SMILES string of the molecule is Cc1c(Cl)ccc2c(CCl)cc(C(C)(C)C)nc12. The van der Waals surface area contributed by atoms with Crippen molar-refractivity contribution in [1.29, 1.82) is 0 Å². The maximum atomic E-state index is 6.18. The Morgan fingerprint density at radius 3 is 2.44 bits per heavy atom. The Labute approximate surface area is 118 Å². The fourth-order valence-corrected chi connectivity index (χ4v) is 2.34. The Hall–Kier alpha value is -0.790. The number of hydrogen-bond acceptors (Lipinski definition) is 1. The number of hydrogen-bond donors (Lipinski definition) is 0. The molecule has 3 heteroatoms. The van der Waals surface area contributed by atoms with E-state index in [0.29, 0.717) is 5.88 Å². The van der Waals surface area contributed by atoms with E-state index in [2.05, 4.69) is 26.8 Å². The quantitative estimate of drug-likeness (QED) is 0.652. The van der Waals surface area contributed by atoms with Crippen molar-refractivity contribution in [1.82, 2.24) is 4.98 Å². The summed E-state index contributed by atoms with van der Waals surface area (Å²) in [6.45, 7) is 8.46. The Balaban J connectivity index is 2.85. The van der Waals surface area contributed by atoms with Crippen LogP contribution >= 0.6 is 23.2 Å². The van der Waals surface area contributed by atoms with Crippen LogP contribution in [0.3, 0.4) is 0 Å². The topological polar surface area (TPSA) is 12.9 Å². The third-order valence-electron chi connectivity index (χ3n) is 3.17. The molecule has 1 nitrogen and oxygen atoms in total. The minimum Gasteiger partial charge on any atom is -0.252 e. The van der Waals surface area contributed by atoms with Crippen LogP contribution < -0.4 is 0 Å². The number of alkyl halides is 1. The zero-order chi connectivity index (χ0) is 13.5. The van der Waals surface area contributed by atoms with E-state index in [1.165, 1.54) is 0 Å². The zero-order valence-electron chi connectivity index (χ0n) is 11.1. The number of aromatic nitrogens is 1. The van der Waals surface area contributed by atoms with E-state index in [1.54, 1.807) is 0 Å². The lowest BCUT2D eigenvalue weighted by Crippen LogP contribution is -2.14. The molecule has 18 heavy (non-hydrogen) atoms. The molecule has 0 saturated heterocycles. The normalized spacial score (nSPS) is 12.1. The molecule has 0 atom stereocenters. The van der Waals surface area contributed by atoms with Gasteiger partial charge in [0, 0.05) is 27.4 Å². The van der Waals surface area contributed by atoms with Crippen molar-refractivity contribution in [3.05, 3.63) is 40.0 Å². The molecule has 1 aromatic carbocycles. The van der Waals surface area contributed by atoms with Gasteiger partial charge in [-0.3, -0.25) is 4.98 Å². The lowest BCUT2D eigenvalue weighted by atomic mass is 9.89. The average Bonchev–Trinajstić information content (AvgIpc) is 2.31. The van der Waals surface area contributed by atoms with Gasteiger partial charge in [-0.2, -0.15) is 0 Å². The second-order valence-electron chi connectivity index (χ2n) is 5.62. The molecule has 0 spiro atoms. The molecule has 1 heterocycles. The van der Waals surface area contributed by atoms with E-state index < -0.39 is 0 Å². The number of nitrogens with zero attached hydrogens (tertiary/aromatic N) is 1. The smallest absolute Gasteiger partial charge is 0.0752 e. The highest BCUT2D eigenvalue weighted by Gasteiger charge is 2.18. The fourth-order valence-electron chi connectivity index (χ4n) is 1.97. The largest absolute Gasteiger partial charge is 0.252 e. The number of benzene rings is 1. The van der Waals surface area contributed by atoms with Crippen LogP contribution in [0.25, 0.3) is 10.9 Å². The van der Waals surface area contributed by atoms with Crippen molar-refractivity contribution < 1.29 is 0 Å². The summed E-state index contributed by atoms with van der Waals surface area (Å²) in [5.41, 5.74) is 4.16. The molecule has 0 unspecified atom stereocenters. The molecule has 0 fully saturated rings. The lowest BCUT2D eigenvalue weighted by Gasteiger charge is -2.20. The first-order valence-electron chi connectivity index (χ1n) is 6.00. The van der Waals surface area contributed by atoms with Gasteiger partial charge in [-0.1, -0.05) is 38.4 Å². The molecular weight excluding hydrogens is 265 g/mol. The molecule has 0 radical (unpaired) electrons. The molecule has 0 amide bonds. The molecule has 0 bridgehead atoms. The maximum Gasteiger partial charge on any atom is 0.0752 e. The van der Waals surface area contributed by atoms with Crippen molar-refractivity contribution >= 4 is 34.1 Å². The maximum absolute atomic E-state index is 6.18. The van der Waals surface area contributed by atoms with E-state index in [4.69, 9.17) is 28.2 Å². The zero-order valence-corrected chi connectivity index (χ0v) is 12.7. The number of fused-ring (bicyclic) bond motifs is 1. The predicted molar refractivity (Wildman–Crippen MR) is 79.7 cm³/mol. The molecule has 0 N–H and O–H groups in total. The Kier molecular flexibility index (Phi) is 3.57. The molecule has 2 rings (SSSR count). The highest BCUT2D eigenvalue weighted by atomic mass is 35.5. The molecule has 0 aliphatic heterocycles. The average molecular weight is 282 g/mol. The molecular formula is C15H17Cl2N. The fraction of sp³-hybridized carbons (Fsp3) is 0.400. The molecule has 96 valence electrons. The Morgan fingerprint density at radius 1 is 1.22 bits per heavy atom. The monoisotopic (exact) mass is 281 g/mol. The summed E-state index contributed by atoms with van der Waals surface area (Å²) >= 11 is 12.2. The van der Waals surface area contributed by atoms with E-state index in [1.807, 2.05) is 19.1 Å². The van der Waals surface area contributed by atoms with Gasteiger partial charge in [-0.15, -0.1) is 11.6 Å². The van der Waals surface area contributed by atoms with Crippen LogP contribution in [-0.4, -0.2) is 4.98 Å². The van der Waals surface area contributed by atoms with Gasteiger partial charge in [0.2, 0.25) is 0 Å². The molecule has 0 aliphatic carbocycles. The van der Waals surface area contributed by atoms with E-state index in [-0.39, 0.29) is 5.41 Å². The number of halogens is 2. The summed E-state index contributed by atoms with van der Waals surface area (Å²) < 4.78 is 0. The third kappa shape index (κ3) is 2.34. The van der Waals surface area contributed by atoms with Gasteiger partial charge in [0.05, 0.1) is 5.52 Å². The number of aryl methyl sites for hydroxylation is 1. The van der Waals surface area contributed by atoms with Gasteiger partial charge < -0.3 is 0 Å². The lowest BCUT2D eigenvalue weighted by molar-refractivity contribution is 0.571. The summed E-state index contributed by atoms with van der Waals surface area (Å²) in [5, 5.41) is 1.85. The Bertz CT molecular complexity index is 597. The van der Waals surface area contributed by atoms with Crippen molar-refractivity contribution in [3.8, 4) is 0 Å². The van der Waals surface area contributed by atoms with Crippen LogP contribution in [0.5, 0.6) is 0 Å². The highest BCUT2D eigenvalue weighted by molar-refractivity contribution is 6.32. The van der Waals surface area contributed by atoms with Gasteiger partial charge in [-0.25, -0.2) is 0 Å². The summed E-state index contributed by atoms with van der Waals surface area (Å²) in [6.07, 6.45) is 0. The van der Waals surface area contributed by atoms with Crippen molar-refractivity contribution in [2.45, 2.75) is 39.0 Å². The predicted octanol–water partition coefficient (Wildman–Crippen LogP) is 5.23. The summed E-state index contributed by atoms with van der Waals surface area (Å²) in [5.74, 6) is 0.489. The van der Waals surface area contributed by atoms with Gasteiger partial charge >= 0.3 is 0 Å². The number of rotatable bonds is 1. The number of pyridine rings is 1. The van der Waals surface area contributed by atoms with Gasteiger partial charge in [0.25, 0.3) is 0 Å². The second-order valence-corrected chi connectivity index (χ2v) is 6.29. The van der Waals surface area contributed by atoms with Crippen LogP contribution in [0.1, 0.15) is 37.6 Å². The first-order valence-corrected chi connectivity index (χ1v) is 6.91. The van der Waals surface area contributed by atoms with Crippen molar-refractivity contribution in [3.63, 3.8) is 0 Å².